The first-order valence-electron chi connectivity index (χ1n) is 8.37. The highest BCUT2D eigenvalue weighted by Gasteiger charge is 2.22. The van der Waals surface area contributed by atoms with Crippen molar-refractivity contribution in [2.45, 2.75) is 58.4 Å². The third kappa shape index (κ3) is 5.52. The van der Waals surface area contributed by atoms with E-state index >= 15 is 0 Å². The fourth-order valence-corrected chi connectivity index (χ4v) is 2.98. The number of rotatable bonds is 5. The number of pyridine rings is 1. The lowest BCUT2D eigenvalue weighted by atomic mass is 9.96. The summed E-state index contributed by atoms with van der Waals surface area (Å²) >= 11 is 0. The van der Waals surface area contributed by atoms with Crippen molar-refractivity contribution in [3.63, 3.8) is 0 Å². The maximum Gasteiger partial charge on any atom is 0.0606 e. The van der Waals surface area contributed by atoms with Gasteiger partial charge in [-0.1, -0.05) is 38.7 Å². The molecule has 2 heterocycles. The molecule has 114 valence electrons. The average Bonchev–Trinajstić information content (AvgIpc) is 2.52. The summed E-state index contributed by atoms with van der Waals surface area (Å²) in [6, 6.07) is 4.75. The van der Waals surface area contributed by atoms with Gasteiger partial charge in [0, 0.05) is 24.9 Å². The molecule has 1 aliphatic rings. The highest BCUT2D eigenvalue weighted by molar-refractivity contribution is 5.16. The van der Waals surface area contributed by atoms with Crippen molar-refractivity contribution in [1.29, 1.82) is 0 Å². The molecule has 2 rings (SSSR count). The summed E-state index contributed by atoms with van der Waals surface area (Å²) in [6.07, 6.45) is 11.3. The third-order valence-electron chi connectivity index (χ3n) is 4.17. The first kappa shape index (κ1) is 16.0. The fraction of sp³-hybridized carbons (Fsp3) is 0.632. The summed E-state index contributed by atoms with van der Waals surface area (Å²) in [7, 11) is 0. The number of aromatic nitrogens is 1. The van der Waals surface area contributed by atoms with Crippen LogP contribution in [-0.4, -0.2) is 23.0 Å². The smallest absolute Gasteiger partial charge is 0.0606 e. The van der Waals surface area contributed by atoms with E-state index in [0.29, 0.717) is 6.04 Å². The predicted molar refractivity (Wildman–Crippen MR) is 88.9 cm³/mol. The van der Waals surface area contributed by atoms with Crippen molar-refractivity contribution in [1.82, 2.24) is 9.88 Å². The van der Waals surface area contributed by atoms with Crippen LogP contribution in [0.2, 0.25) is 0 Å². The molecule has 0 aromatic carbocycles. The van der Waals surface area contributed by atoms with E-state index in [2.05, 4.69) is 41.6 Å². The van der Waals surface area contributed by atoms with Crippen LogP contribution in [0.5, 0.6) is 0 Å². The molecule has 0 bridgehead atoms. The normalized spacial score (nSPS) is 19.3. The summed E-state index contributed by atoms with van der Waals surface area (Å²) in [6.45, 7) is 6.63. The van der Waals surface area contributed by atoms with E-state index in [1.165, 1.54) is 44.2 Å². The lowest BCUT2D eigenvalue weighted by Crippen LogP contribution is -2.33. The van der Waals surface area contributed by atoms with E-state index in [1.54, 1.807) is 0 Å². The number of likely N-dealkylation sites (tertiary alicyclic amines) is 1. The van der Waals surface area contributed by atoms with Crippen LogP contribution in [0.1, 0.15) is 64.0 Å². The summed E-state index contributed by atoms with van der Waals surface area (Å²) in [4.78, 5) is 6.79. The highest BCUT2D eigenvalue weighted by atomic mass is 15.2. The van der Waals surface area contributed by atoms with Crippen LogP contribution in [0.15, 0.2) is 24.5 Å². The Morgan fingerprint density at radius 1 is 1.33 bits per heavy atom. The average molecular weight is 284 g/mol. The largest absolute Gasteiger partial charge is 0.285 e. The molecule has 1 aromatic heterocycles. The zero-order valence-electron chi connectivity index (χ0n) is 13.5. The van der Waals surface area contributed by atoms with Crippen LogP contribution in [0.25, 0.3) is 0 Å². The molecule has 0 spiro atoms. The highest BCUT2D eigenvalue weighted by Crippen LogP contribution is 2.29. The Bertz CT molecular complexity index is 455. The Morgan fingerprint density at radius 3 is 3.00 bits per heavy atom. The zero-order chi connectivity index (χ0) is 14.9. The Hall–Kier alpha value is -1.33. The van der Waals surface area contributed by atoms with Crippen molar-refractivity contribution >= 4 is 0 Å². The fourth-order valence-electron chi connectivity index (χ4n) is 2.98. The second kappa shape index (κ2) is 8.85. The molecule has 0 N–H and O–H groups in total. The van der Waals surface area contributed by atoms with Gasteiger partial charge in [0.05, 0.1) is 6.54 Å². The second-order valence-corrected chi connectivity index (χ2v) is 6.41. The molecule has 1 aliphatic heterocycles. The maximum atomic E-state index is 4.27. The minimum absolute atomic E-state index is 0.511. The molecule has 1 aromatic rings. The molecular weight excluding hydrogens is 256 g/mol. The van der Waals surface area contributed by atoms with Crippen LogP contribution in [0, 0.1) is 17.8 Å². The Labute approximate surface area is 130 Å². The van der Waals surface area contributed by atoms with Gasteiger partial charge >= 0.3 is 0 Å². The van der Waals surface area contributed by atoms with E-state index in [0.717, 1.165) is 18.9 Å². The van der Waals surface area contributed by atoms with Gasteiger partial charge in [0.1, 0.15) is 0 Å². The van der Waals surface area contributed by atoms with E-state index in [1.807, 2.05) is 18.5 Å². The molecule has 2 heteroatoms. The van der Waals surface area contributed by atoms with Crippen molar-refractivity contribution in [3.05, 3.63) is 30.1 Å². The monoisotopic (exact) mass is 284 g/mol. The molecule has 0 saturated carbocycles. The van der Waals surface area contributed by atoms with Gasteiger partial charge in [-0.15, -0.1) is 5.92 Å². The van der Waals surface area contributed by atoms with Gasteiger partial charge in [-0.25, -0.2) is 0 Å². The third-order valence-corrected chi connectivity index (χ3v) is 4.17. The SMILES string of the molecule is CC(C)CCCC#CCN1CCCC[C@H]1c1cccnc1. The Morgan fingerprint density at radius 2 is 2.24 bits per heavy atom. The van der Waals surface area contributed by atoms with Crippen molar-refractivity contribution in [2.75, 3.05) is 13.1 Å². The van der Waals surface area contributed by atoms with E-state index in [4.69, 9.17) is 0 Å². The maximum absolute atomic E-state index is 4.27. The summed E-state index contributed by atoms with van der Waals surface area (Å²) in [5.74, 6) is 7.53. The number of piperidine rings is 1. The van der Waals surface area contributed by atoms with E-state index < -0.39 is 0 Å². The van der Waals surface area contributed by atoms with Crippen molar-refractivity contribution in [2.24, 2.45) is 5.92 Å². The van der Waals surface area contributed by atoms with Gasteiger partial charge in [0.25, 0.3) is 0 Å². The van der Waals surface area contributed by atoms with Crippen molar-refractivity contribution in [3.8, 4) is 11.8 Å². The molecule has 0 unspecified atom stereocenters. The molecule has 2 nitrogen and oxygen atoms in total. The molecule has 1 atom stereocenters. The molecule has 0 radical (unpaired) electrons. The van der Waals surface area contributed by atoms with Gasteiger partial charge in [0.2, 0.25) is 0 Å². The lowest BCUT2D eigenvalue weighted by Gasteiger charge is -2.34. The zero-order valence-corrected chi connectivity index (χ0v) is 13.5. The van der Waals surface area contributed by atoms with Crippen LogP contribution in [0.3, 0.4) is 0 Å². The quantitative estimate of drug-likeness (QED) is 0.587. The minimum atomic E-state index is 0.511. The first-order chi connectivity index (χ1) is 10.3. The van der Waals surface area contributed by atoms with Gasteiger partial charge in [0.15, 0.2) is 0 Å². The molecule has 1 saturated heterocycles. The van der Waals surface area contributed by atoms with Gasteiger partial charge in [-0.05, 0) is 43.4 Å². The topological polar surface area (TPSA) is 16.1 Å². The molecule has 21 heavy (non-hydrogen) atoms. The number of nitrogens with zero attached hydrogens (tertiary/aromatic N) is 2. The Kier molecular flexibility index (Phi) is 6.76. The summed E-state index contributed by atoms with van der Waals surface area (Å²) in [5.41, 5.74) is 1.35. The van der Waals surface area contributed by atoms with Crippen LogP contribution in [-0.2, 0) is 0 Å². The molecular formula is C19H28N2. The van der Waals surface area contributed by atoms with Gasteiger partial charge < -0.3 is 0 Å². The second-order valence-electron chi connectivity index (χ2n) is 6.41. The number of hydrogen-bond acceptors (Lipinski definition) is 2. The standard InChI is InChI=1S/C19H28N2/c1-17(2)10-5-3-4-7-14-21-15-8-6-12-19(21)18-11-9-13-20-16-18/h9,11,13,16-17,19H,3,5-6,8,10,12,14-15H2,1-2H3/t19-/m0/s1. The molecule has 0 aliphatic carbocycles. The van der Waals surface area contributed by atoms with Gasteiger partial charge in [-0.2, -0.15) is 0 Å². The van der Waals surface area contributed by atoms with E-state index in [-0.39, 0.29) is 0 Å². The first-order valence-corrected chi connectivity index (χ1v) is 8.37. The lowest BCUT2D eigenvalue weighted by molar-refractivity contribution is 0.169. The van der Waals surface area contributed by atoms with Crippen LogP contribution < -0.4 is 0 Å². The number of unbranched alkanes of at least 4 members (excludes halogenated alkanes) is 1. The summed E-state index contributed by atoms with van der Waals surface area (Å²) < 4.78 is 0. The summed E-state index contributed by atoms with van der Waals surface area (Å²) in [5, 5.41) is 0. The number of hydrogen-bond donors (Lipinski definition) is 0. The Balaban J connectivity index is 1.84. The minimum Gasteiger partial charge on any atom is -0.285 e. The molecule has 0 amide bonds. The van der Waals surface area contributed by atoms with Gasteiger partial charge in [-0.3, -0.25) is 9.88 Å². The van der Waals surface area contributed by atoms with Crippen LogP contribution in [0.4, 0.5) is 0 Å². The molecule has 1 fully saturated rings. The van der Waals surface area contributed by atoms with Crippen LogP contribution >= 0.6 is 0 Å². The van der Waals surface area contributed by atoms with Crippen molar-refractivity contribution < 1.29 is 0 Å². The van der Waals surface area contributed by atoms with E-state index in [9.17, 15) is 0 Å². The predicted octanol–water partition coefficient (Wildman–Crippen LogP) is 4.44.